The summed E-state index contributed by atoms with van der Waals surface area (Å²) in [7, 11) is 0. The second kappa shape index (κ2) is 4.34. The molecule has 0 radical (unpaired) electrons. The number of hydrogen-bond acceptors (Lipinski definition) is 0. The average Bonchev–Trinajstić information content (AvgIpc) is 3.18. The monoisotopic (exact) mass is 260 g/mol. The summed E-state index contributed by atoms with van der Waals surface area (Å²) in [4.78, 5) is 0. The third-order valence-electron chi connectivity index (χ3n) is 4.93. The van der Waals surface area contributed by atoms with E-state index in [1.54, 1.807) is 5.57 Å². The molecule has 0 heterocycles. The highest BCUT2D eigenvalue weighted by atomic mass is 14.5. The maximum atomic E-state index is 4.29. The Balaban J connectivity index is 1.93. The highest BCUT2D eigenvalue weighted by molar-refractivity contribution is 5.62. The van der Waals surface area contributed by atoms with E-state index in [0.717, 1.165) is 18.3 Å². The van der Waals surface area contributed by atoms with Crippen LogP contribution in [0.2, 0.25) is 0 Å². The van der Waals surface area contributed by atoms with Crippen LogP contribution in [0, 0.1) is 11.8 Å². The van der Waals surface area contributed by atoms with Crippen LogP contribution in [0.5, 0.6) is 0 Å². The summed E-state index contributed by atoms with van der Waals surface area (Å²) >= 11 is 0. The first-order valence-corrected chi connectivity index (χ1v) is 7.57. The third-order valence-corrected chi connectivity index (χ3v) is 4.93. The Morgan fingerprint density at radius 3 is 2.90 bits per heavy atom. The van der Waals surface area contributed by atoms with Crippen molar-refractivity contribution in [2.24, 2.45) is 11.8 Å². The van der Waals surface area contributed by atoms with Gasteiger partial charge in [0.1, 0.15) is 0 Å². The van der Waals surface area contributed by atoms with Gasteiger partial charge in [-0.05, 0) is 48.3 Å². The second-order valence-electron chi connectivity index (χ2n) is 6.36. The van der Waals surface area contributed by atoms with Crippen molar-refractivity contribution in [1.82, 2.24) is 0 Å². The Kier molecular flexibility index (Phi) is 2.60. The minimum absolute atomic E-state index is 0.365. The fraction of sp³-hybridized carbons (Fsp3) is 0.300. The van der Waals surface area contributed by atoms with Gasteiger partial charge in [0, 0.05) is 5.92 Å². The van der Waals surface area contributed by atoms with Crippen molar-refractivity contribution in [2.45, 2.75) is 25.7 Å². The maximum Gasteiger partial charge on any atom is 0.0299 e. The lowest BCUT2D eigenvalue weighted by Crippen LogP contribution is -2.11. The van der Waals surface area contributed by atoms with Crippen molar-refractivity contribution < 1.29 is 0 Å². The Morgan fingerprint density at radius 1 is 1.20 bits per heavy atom. The van der Waals surface area contributed by atoms with E-state index in [1.165, 1.54) is 28.7 Å². The molecule has 0 heteroatoms. The highest BCUT2D eigenvalue weighted by Gasteiger charge is 2.42. The Bertz CT molecular complexity index is 669. The van der Waals surface area contributed by atoms with Gasteiger partial charge < -0.3 is 0 Å². The van der Waals surface area contributed by atoms with Crippen molar-refractivity contribution in [3.63, 3.8) is 0 Å². The molecule has 0 N–H and O–H groups in total. The van der Waals surface area contributed by atoms with Crippen LogP contribution >= 0.6 is 0 Å². The summed E-state index contributed by atoms with van der Waals surface area (Å²) < 4.78 is 0. The second-order valence-corrected chi connectivity index (χ2v) is 6.36. The maximum absolute atomic E-state index is 4.29. The molecule has 1 fully saturated rings. The summed E-state index contributed by atoms with van der Waals surface area (Å²) in [5.41, 5.74) is 7.19. The fourth-order valence-electron chi connectivity index (χ4n) is 3.86. The van der Waals surface area contributed by atoms with E-state index < -0.39 is 0 Å². The molecule has 0 bridgehead atoms. The average molecular weight is 260 g/mol. The number of fused-ring (bicyclic) bond motifs is 3. The lowest BCUT2D eigenvalue weighted by atomic mass is 9.77. The van der Waals surface area contributed by atoms with Gasteiger partial charge in [0.15, 0.2) is 0 Å². The van der Waals surface area contributed by atoms with Crippen LogP contribution < -0.4 is 0 Å². The zero-order valence-electron chi connectivity index (χ0n) is 12.0. The largest absolute Gasteiger partial charge is 0.0992 e. The molecule has 1 saturated carbocycles. The van der Waals surface area contributed by atoms with E-state index in [1.807, 2.05) is 0 Å². The summed E-state index contributed by atoms with van der Waals surface area (Å²) in [6, 6.07) is 8.77. The highest BCUT2D eigenvalue weighted by Crippen LogP contribution is 2.54. The molecule has 20 heavy (non-hydrogen) atoms. The summed E-state index contributed by atoms with van der Waals surface area (Å²) in [5, 5.41) is 0. The molecule has 0 spiro atoms. The Hall–Kier alpha value is -1.82. The molecule has 0 aromatic heterocycles. The molecule has 3 aliphatic rings. The van der Waals surface area contributed by atoms with E-state index in [-0.39, 0.29) is 0 Å². The van der Waals surface area contributed by atoms with E-state index in [4.69, 9.17) is 0 Å². The molecule has 1 aromatic carbocycles. The topological polar surface area (TPSA) is 0 Å². The van der Waals surface area contributed by atoms with Crippen molar-refractivity contribution in [3.8, 4) is 0 Å². The van der Waals surface area contributed by atoms with Crippen molar-refractivity contribution >= 4 is 6.08 Å². The number of hydrogen-bond donors (Lipinski definition) is 0. The van der Waals surface area contributed by atoms with Crippen LogP contribution in [-0.2, 0) is 0 Å². The standard InChI is InChI=1S/C20H20/c1-13(2)20-16-8-4-3-6-14(16)7-5-9-17-18(20)11-10-15-12-19(15)17/h3-8,10-11,15,19-20H,1,9,12H2,2H3/b7-5+. The first-order chi connectivity index (χ1) is 9.75. The van der Waals surface area contributed by atoms with E-state index in [0.29, 0.717) is 5.92 Å². The van der Waals surface area contributed by atoms with Crippen LogP contribution in [-0.4, -0.2) is 0 Å². The van der Waals surface area contributed by atoms with Crippen LogP contribution in [0.1, 0.15) is 36.8 Å². The lowest BCUT2D eigenvalue weighted by molar-refractivity contribution is 0.807. The molecule has 0 nitrogen and oxygen atoms in total. The van der Waals surface area contributed by atoms with E-state index in [9.17, 15) is 0 Å². The summed E-state index contributed by atoms with van der Waals surface area (Å²) in [6.45, 7) is 6.46. The van der Waals surface area contributed by atoms with E-state index >= 15 is 0 Å². The van der Waals surface area contributed by atoms with Gasteiger partial charge in [-0.3, -0.25) is 0 Å². The predicted molar refractivity (Wildman–Crippen MR) is 85.4 cm³/mol. The molecule has 1 aromatic rings. The van der Waals surface area contributed by atoms with Gasteiger partial charge in [-0.1, -0.05) is 66.3 Å². The molecule has 3 atom stereocenters. The van der Waals surface area contributed by atoms with Crippen LogP contribution in [0.15, 0.2) is 65.8 Å². The minimum atomic E-state index is 0.365. The summed E-state index contributed by atoms with van der Waals surface area (Å²) in [6.07, 6.45) is 11.9. The molecule has 0 saturated heterocycles. The minimum Gasteiger partial charge on any atom is -0.0992 e. The molecule has 0 aliphatic heterocycles. The number of allylic oxidation sites excluding steroid dienone is 6. The molecular formula is C20H20. The van der Waals surface area contributed by atoms with Gasteiger partial charge in [-0.25, -0.2) is 0 Å². The van der Waals surface area contributed by atoms with Crippen molar-refractivity contribution in [2.75, 3.05) is 0 Å². The van der Waals surface area contributed by atoms with Crippen LogP contribution in [0.4, 0.5) is 0 Å². The van der Waals surface area contributed by atoms with Crippen LogP contribution in [0.25, 0.3) is 6.08 Å². The number of rotatable bonds is 1. The predicted octanol–water partition coefficient (Wildman–Crippen LogP) is 5.27. The third kappa shape index (κ3) is 1.75. The van der Waals surface area contributed by atoms with E-state index in [2.05, 4.69) is 62.1 Å². The number of benzene rings is 1. The fourth-order valence-corrected chi connectivity index (χ4v) is 3.86. The zero-order valence-corrected chi connectivity index (χ0v) is 12.0. The van der Waals surface area contributed by atoms with Gasteiger partial charge in [-0.15, -0.1) is 0 Å². The summed E-state index contributed by atoms with van der Waals surface area (Å²) in [5.74, 6) is 2.00. The smallest absolute Gasteiger partial charge is 0.0299 e. The van der Waals surface area contributed by atoms with Gasteiger partial charge in [0.25, 0.3) is 0 Å². The quantitative estimate of drug-likeness (QED) is 0.604. The SMILES string of the molecule is C=C(C)C1C2=C(C/C=C/c3ccccc31)C1CC1C=C2. The Morgan fingerprint density at radius 2 is 2.05 bits per heavy atom. The lowest BCUT2D eigenvalue weighted by Gasteiger charge is -2.27. The van der Waals surface area contributed by atoms with Crippen molar-refractivity contribution in [3.05, 3.63) is 76.9 Å². The molecule has 3 unspecified atom stereocenters. The molecule has 0 amide bonds. The first kappa shape index (κ1) is 12.0. The zero-order chi connectivity index (χ0) is 13.7. The normalized spacial score (nSPS) is 31.6. The Labute approximate surface area is 121 Å². The molecule has 3 aliphatic carbocycles. The molecular weight excluding hydrogens is 240 g/mol. The van der Waals surface area contributed by atoms with Crippen LogP contribution in [0.3, 0.4) is 0 Å². The van der Waals surface area contributed by atoms with Gasteiger partial charge in [0.2, 0.25) is 0 Å². The molecule has 100 valence electrons. The molecule has 4 rings (SSSR count). The van der Waals surface area contributed by atoms with Crippen molar-refractivity contribution in [1.29, 1.82) is 0 Å². The van der Waals surface area contributed by atoms with Gasteiger partial charge >= 0.3 is 0 Å². The van der Waals surface area contributed by atoms with Gasteiger partial charge in [-0.2, -0.15) is 0 Å². The first-order valence-electron chi connectivity index (χ1n) is 7.57. The van der Waals surface area contributed by atoms with Gasteiger partial charge in [0.05, 0.1) is 0 Å².